The molecule has 1 amide bonds. The summed E-state index contributed by atoms with van der Waals surface area (Å²) in [5.41, 5.74) is 1.04. The van der Waals surface area contributed by atoms with E-state index in [1.165, 1.54) is 0 Å². The SMILES string of the molecule is N[N+]1(C(=O)CCc2cccnc2)CCCC(O)C1. The third-order valence-electron chi connectivity index (χ3n) is 3.48. The first-order chi connectivity index (χ1) is 8.60. The van der Waals surface area contributed by atoms with E-state index in [9.17, 15) is 9.90 Å². The predicted molar refractivity (Wildman–Crippen MR) is 67.0 cm³/mol. The monoisotopic (exact) mass is 250 g/mol. The number of rotatable bonds is 3. The molecule has 98 valence electrons. The van der Waals surface area contributed by atoms with Crippen molar-refractivity contribution >= 4 is 5.91 Å². The van der Waals surface area contributed by atoms with Crippen LogP contribution in [0.25, 0.3) is 0 Å². The second kappa shape index (κ2) is 5.56. The highest BCUT2D eigenvalue weighted by Crippen LogP contribution is 2.17. The van der Waals surface area contributed by atoms with Crippen molar-refractivity contribution in [3.63, 3.8) is 0 Å². The van der Waals surface area contributed by atoms with Gasteiger partial charge in [0.05, 0.1) is 6.42 Å². The van der Waals surface area contributed by atoms with Gasteiger partial charge in [-0.25, -0.2) is 4.79 Å². The zero-order valence-corrected chi connectivity index (χ0v) is 10.5. The van der Waals surface area contributed by atoms with Crippen molar-refractivity contribution < 1.29 is 14.5 Å². The number of carbonyl (C=O) groups excluding carboxylic acids is 1. The Bertz CT molecular complexity index is 410. The van der Waals surface area contributed by atoms with E-state index in [1.807, 2.05) is 12.1 Å². The summed E-state index contributed by atoms with van der Waals surface area (Å²) >= 11 is 0. The summed E-state index contributed by atoms with van der Waals surface area (Å²) in [5, 5.41) is 9.62. The van der Waals surface area contributed by atoms with E-state index < -0.39 is 6.10 Å². The van der Waals surface area contributed by atoms with Gasteiger partial charge in [-0.15, -0.1) is 0 Å². The topological polar surface area (TPSA) is 76.2 Å². The molecule has 0 saturated carbocycles. The van der Waals surface area contributed by atoms with Crippen LogP contribution in [0, 0.1) is 0 Å². The molecular weight excluding hydrogens is 230 g/mol. The molecule has 0 spiro atoms. The lowest BCUT2D eigenvalue weighted by Crippen LogP contribution is -2.64. The van der Waals surface area contributed by atoms with Gasteiger partial charge in [0.15, 0.2) is 0 Å². The number of carbonyl (C=O) groups is 1. The highest BCUT2D eigenvalue weighted by atomic mass is 16.3. The van der Waals surface area contributed by atoms with E-state index in [2.05, 4.69) is 4.98 Å². The first-order valence-electron chi connectivity index (χ1n) is 6.36. The molecule has 2 unspecified atom stereocenters. The van der Waals surface area contributed by atoms with Crippen LogP contribution in [-0.2, 0) is 11.2 Å². The third kappa shape index (κ3) is 3.13. The van der Waals surface area contributed by atoms with Crippen molar-refractivity contribution in [2.75, 3.05) is 13.1 Å². The molecule has 1 saturated heterocycles. The number of nitrogens with zero attached hydrogens (tertiary/aromatic N) is 2. The quantitative estimate of drug-likeness (QED) is 0.462. The molecule has 1 fully saturated rings. The van der Waals surface area contributed by atoms with Gasteiger partial charge in [0.1, 0.15) is 19.2 Å². The second-order valence-electron chi connectivity index (χ2n) is 4.99. The minimum absolute atomic E-state index is 0.00222. The maximum Gasteiger partial charge on any atom is 0.332 e. The van der Waals surface area contributed by atoms with Crippen LogP contribution in [0.5, 0.6) is 0 Å². The minimum Gasteiger partial charge on any atom is -0.387 e. The molecule has 2 atom stereocenters. The number of hydrogen-bond donors (Lipinski definition) is 2. The van der Waals surface area contributed by atoms with E-state index in [0.717, 1.165) is 18.4 Å². The number of aryl methyl sites for hydroxylation is 1. The predicted octanol–water partition coefficient (Wildman–Crippen LogP) is 0.386. The zero-order chi connectivity index (χ0) is 13.0. The number of likely N-dealkylation sites (tertiary alicyclic amines) is 1. The average molecular weight is 250 g/mol. The number of amides is 1. The molecule has 1 aromatic heterocycles. The molecule has 2 heterocycles. The molecule has 1 aromatic rings. The highest BCUT2D eigenvalue weighted by molar-refractivity contribution is 5.69. The lowest BCUT2D eigenvalue weighted by Gasteiger charge is -2.35. The number of aliphatic hydroxyl groups excluding tert-OH is 1. The Balaban J connectivity index is 1.91. The van der Waals surface area contributed by atoms with Gasteiger partial charge in [0.25, 0.3) is 0 Å². The molecule has 0 aliphatic carbocycles. The van der Waals surface area contributed by atoms with Gasteiger partial charge in [-0.1, -0.05) is 6.07 Å². The number of aromatic nitrogens is 1. The maximum atomic E-state index is 12.2. The van der Waals surface area contributed by atoms with E-state index in [-0.39, 0.29) is 10.5 Å². The summed E-state index contributed by atoms with van der Waals surface area (Å²) < 4.78 is -0.124. The molecule has 18 heavy (non-hydrogen) atoms. The van der Waals surface area contributed by atoms with Crippen LogP contribution >= 0.6 is 0 Å². The Kier molecular flexibility index (Phi) is 4.06. The van der Waals surface area contributed by atoms with Crippen LogP contribution in [0.1, 0.15) is 24.8 Å². The number of quaternary nitrogens is 1. The third-order valence-corrected chi connectivity index (χ3v) is 3.48. The highest BCUT2D eigenvalue weighted by Gasteiger charge is 2.38. The Morgan fingerprint density at radius 2 is 2.44 bits per heavy atom. The molecule has 0 radical (unpaired) electrons. The number of hydrogen-bond acceptors (Lipinski definition) is 4. The number of nitrogens with two attached hydrogens (primary N) is 1. The van der Waals surface area contributed by atoms with Crippen molar-refractivity contribution in [1.82, 2.24) is 4.98 Å². The molecule has 1 aliphatic heterocycles. The normalized spacial score (nSPS) is 28.0. The van der Waals surface area contributed by atoms with Gasteiger partial charge in [-0.3, -0.25) is 4.98 Å². The van der Waals surface area contributed by atoms with E-state index in [4.69, 9.17) is 5.84 Å². The smallest absolute Gasteiger partial charge is 0.332 e. The van der Waals surface area contributed by atoms with Gasteiger partial charge < -0.3 is 5.11 Å². The lowest BCUT2D eigenvalue weighted by molar-refractivity contribution is -0.875. The summed E-state index contributed by atoms with van der Waals surface area (Å²) in [7, 11) is 0. The summed E-state index contributed by atoms with van der Waals surface area (Å²) in [6, 6.07) is 3.81. The zero-order valence-electron chi connectivity index (χ0n) is 10.5. The van der Waals surface area contributed by atoms with E-state index in [1.54, 1.807) is 12.4 Å². The van der Waals surface area contributed by atoms with Crippen molar-refractivity contribution in [1.29, 1.82) is 0 Å². The van der Waals surface area contributed by atoms with Crippen LogP contribution in [0.15, 0.2) is 24.5 Å². The van der Waals surface area contributed by atoms with Crippen LogP contribution in [0.2, 0.25) is 0 Å². The van der Waals surface area contributed by atoms with Crippen LogP contribution in [0.4, 0.5) is 0 Å². The number of piperidine rings is 1. The fourth-order valence-electron chi connectivity index (χ4n) is 2.41. The van der Waals surface area contributed by atoms with Gasteiger partial charge in [-0.2, -0.15) is 10.4 Å². The van der Waals surface area contributed by atoms with E-state index >= 15 is 0 Å². The Labute approximate surface area is 107 Å². The number of aliphatic hydroxyl groups is 1. The largest absolute Gasteiger partial charge is 0.387 e. The molecule has 1 aliphatic rings. The summed E-state index contributed by atoms with van der Waals surface area (Å²) in [5.74, 6) is 6.07. The molecule has 5 nitrogen and oxygen atoms in total. The number of pyridine rings is 1. The van der Waals surface area contributed by atoms with Crippen LogP contribution in [0.3, 0.4) is 0 Å². The molecule has 2 rings (SSSR count). The Hall–Kier alpha value is -1.30. The standard InChI is InChI=1S/C13H20N3O2/c14-16(8-2-4-12(17)10-16)13(18)6-5-11-3-1-7-15-9-11/h1,3,7,9,12,17H,2,4-6,8,10,14H2/q+1. The van der Waals surface area contributed by atoms with Crippen molar-refractivity contribution in [2.24, 2.45) is 5.84 Å². The summed E-state index contributed by atoms with van der Waals surface area (Å²) in [6.07, 6.45) is 5.62. The first kappa shape index (κ1) is 13.1. The molecule has 3 N–H and O–H groups in total. The van der Waals surface area contributed by atoms with E-state index in [0.29, 0.717) is 25.9 Å². The first-order valence-corrected chi connectivity index (χ1v) is 6.36. The maximum absolute atomic E-state index is 12.2. The van der Waals surface area contributed by atoms with Crippen LogP contribution < -0.4 is 5.84 Å². The average Bonchev–Trinajstić information content (AvgIpc) is 2.37. The van der Waals surface area contributed by atoms with Crippen molar-refractivity contribution in [3.05, 3.63) is 30.1 Å². The van der Waals surface area contributed by atoms with Gasteiger partial charge in [0.2, 0.25) is 0 Å². The fraction of sp³-hybridized carbons (Fsp3) is 0.538. The minimum atomic E-state index is -0.453. The molecule has 5 heteroatoms. The molecular formula is C13H20N3O2+. The Morgan fingerprint density at radius 3 is 3.11 bits per heavy atom. The fourth-order valence-corrected chi connectivity index (χ4v) is 2.41. The molecule has 0 bridgehead atoms. The molecule has 0 aromatic carbocycles. The van der Waals surface area contributed by atoms with Gasteiger partial charge in [-0.05, 0) is 24.5 Å². The second-order valence-corrected chi connectivity index (χ2v) is 4.99. The van der Waals surface area contributed by atoms with Gasteiger partial charge in [0, 0.05) is 18.8 Å². The lowest BCUT2D eigenvalue weighted by atomic mass is 10.1. The van der Waals surface area contributed by atoms with Crippen molar-refractivity contribution in [2.45, 2.75) is 31.8 Å². The van der Waals surface area contributed by atoms with Gasteiger partial charge >= 0.3 is 5.91 Å². The van der Waals surface area contributed by atoms with Crippen LogP contribution in [-0.4, -0.2) is 39.8 Å². The van der Waals surface area contributed by atoms with Crippen molar-refractivity contribution in [3.8, 4) is 0 Å². The Morgan fingerprint density at radius 1 is 1.61 bits per heavy atom. The summed E-state index contributed by atoms with van der Waals surface area (Å²) in [4.78, 5) is 16.2. The summed E-state index contributed by atoms with van der Waals surface area (Å²) in [6.45, 7) is 0.967.